The Morgan fingerprint density at radius 2 is 2.03 bits per heavy atom. The first-order valence-electron chi connectivity index (χ1n) is 9.37. The van der Waals surface area contributed by atoms with Crippen LogP contribution in [0.25, 0.3) is 10.9 Å². The third kappa shape index (κ3) is 4.47. The first-order chi connectivity index (χ1) is 14.9. The maximum atomic E-state index is 14.9. The first-order valence-corrected chi connectivity index (χ1v) is 10.2. The topological polar surface area (TPSA) is 98.5 Å². The van der Waals surface area contributed by atoms with Crippen molar-refractivity contribution in [3.8, 4) is 17.2 Å². The number of thiocarbonyl (C=S) groups is 1. The molecule has 1 saturated carbocycles. The zero-order valence-corrected chi connectivity index (χ0v) is 17.9. The Labute approximate surface area is 187 Å². The minimum Gasteiger partial charge on any atom is -0.496 e. The molecule has 0 saturated heterocycles. The van der Waals surface area contributed by atoms with Gasteiger partial charge in [-0.05, 0) is 49.3 Å². The van der Waals surface area contributed by atoms with Crippen molar-refractivity contribution >= 4 is 51.4 Å². The van der Waals surface area contributed by atoms with Crippen molar-refractivity contribution in [3.63, 3.8) is 0 Å². The van der Waals surface area contributed by atoms with E-state index in [1.54, 1.807) is 18.2 Å². The van der Waals surface area contributed by atoms with Crippen LogP contribution in [0.15, 0.2) is 36.5 Å². The van der Waals surface area contributed by atoms with Gasteiger partial charge in [-0.3, -0.25) is 9.78 Å². The van der Waals surface area contributed by atoms with Crippen molar-refractivity contribution in [2.24, 2.45) is 5.73 Å². The van der Waals surface area contributed by atoms with E-state index in [-0.39, 0.29) is 27.8 Å². The fraction of sp³-hybridized carbons (Fsp3) is 0.190. The second kappa shape index (κ2) is 8.52. The summed E-state index contributed by atoms with van der Waals surface area (Å²) in [7, 11) is 1.42. The molecule has 4 N–H and O–H groups in total. The van der Waals surface area contributed by atoms with Gasteiger partial charge in [0.1, 0.15) is 16.5 Å². The highest BCUT2D eigenvalue weighted by Gasteiger charge is 2.23. The molecule has 1 heterocycles. The van der Waals surface area contributed by atoms with Crippen molar-refractivity contribution in [1.82, 2.24) is 10.3 Å². The Bertz CT molecular complexity index is 1200. The number of benzene rings is 2. The zero-order valence-electron chi connectivity index (χ0n) is 16.4. The summed E-state index contributed by atoms with van der Waals surface area (Å²) in [6, 6.07) is 7.98. The van der Waals surface area contributed by atoms with E-state index >= 15 is 0 Å². The van der Waals surface area contributed by atoms with Gasteiger partial charge in [0.05, 0.1) is 23.9 Å². The van der Waals surface area contributed by atoms with Crippen molar-refractivity contribution < 1.29 is 18.7 Å². The van der Waals surface area contributed by atoms with Gasteiger partial charge in [-0.1, -0.05) is 11.6 Å². The predicted octanol–water partition coefficient (Wildman–Crippen LogP) is 4.38. The summed E-state index contributed by atoms with van der Waals surface area (Å²) >= 11 is 11.4. The number of anilines is 1. The molecule has 1 aliphatic rings. The number of fused-ring (bicyclic) bond motifs is 1. The molecule has 0 radical (unpaired) electrons. The number of nitrogens with one attached hydrogen (secondary N) is 2. The Kier molecular flexibility index (Phi) is 5.79. The van der Waals surface area contributed by atoms with E-state index in [0.29, 0.717) is 27.7 Å². The van der Waals surface area contributed by atoms with Crippen LogP contribution in [0.3, 0.4) is 0 Å². The fourth-order valence-corrected chi connectivity index (χ4v) is 3.48. The molecular weight excluding hydrogens is 443 g/mol. The number of rotatable bonds is 6. The third-order valence-electron chi connectivity index (χ3n) is 4.72. The molecule has 0 bridgehead atoms. The van der Waals surface area contributed by atoms with Crippen LogP contribution in [0.5, 0.6) is 17.2 Å². The molecular formula is C21H18ClFN4O3S. The number of ether oxygens (including phenoxy) is 2. The number of nitrogens with two attached hydrogens (primary N) is 1. The number of amides is 1. The van der Waals surface area contributed by atoms with E-state index in [4.69, 9.17) is 39.0 Å². The molecule has 10 heteroatoms. The minimum absolute atomic E-state index is 0.0967. The highest BCUT2D eigenvalue weighted by molar-refractivity contribution is 7.80. The molecule has 1 aromatic heterocycles. The number of carbonyl (C=O) groups excluding carboxylic acids is 1. The Balaban J connectivity index is 1.65. The summed E-state index contributed by atoms with van der Waals surface area (Å²) in [5, 5.41) is 6.68. The van der Waals surface area contributed by atoms with Crippen molar-refractivity contribution in [3.05, 3.63) is 52.9 Å². The highest BCUT2D eigenvalue weighted by Crippen LogP contribution is 2.37. The standard InChI is InChI=1S/C21H18ClFN4O3S/c1-29-17-9-14-11(8-12(17)20(24)28)15(6-7-25-14)30-16-5-4-13(18(22)19(16)23)27-21(31)26-10-2-3-10/h4-10H,2-3H2,1H3,(H2,24,28)(H2,26,27,31). The highest BCUT2D eigenvalue weighted by atomic mass is 35.5. The van der Waals surface area contributed by atoms with Crippen molar-refractivity contribution in [1.29, 1.82) is 0 Å². The normalized spacial score (nSPS) is 13.0. The van der Waals surface area contributed by atoms with Gasteiger partial charge in [0, 0.05) is 23.7 Å². The van der Waals surface area contributed by atoms with E-state index in [0.717, 1.165) is 12.8 Å². The van der Waals surface area contributed by atoms with Gasteiger partial charge in [0.15, 0.2) is 16.7 Å². The van der Waals surface area contributed by atoms with E-state index in [9.17, 15) is 9.18 Å². The quantitative estimate of drug-likeness (QED) is 0.469. The molecule has 160 valence electrons. The Morgan fingerprint density at radius 3 is 2.71 bits per heavy atom. The molecule has 1 aliphatic carbocycles. The molecule has 7 nitrogen and oxygen atoms in total. The van der Waals surface area contributed by atoms with Crippen LogP contribution in [0.2, 0.25) is 5.02 Å². The van der Waals surface area contributed by atoms with Crippen LogP contribution in [0.1, 0.15) is 23.2 Å². The maximum Gasteiger partial charge on any atom is 0.252 e. The molecule has 0 unspecified atom stereocenters. The zero-order chi connectivity index (χ0) is 22.1. The summed E-state index contributed by atoms with van der Waals surface area (Å²) in [6.45, 7) is 0. The van der Waals surface area contributed by atoms with E-state index in [2.05, 4.69) is 15.6 Å². The van der Waals surface area contributed by atoms with E-state index < -0.39 is 11.7 Å². The Morgan fingerprint density at radius 1 is 1.26 bits per heavy atom. The van der Waals surface area contributed by atoms with Gasteiger partial charge in [0.25, 0.3) is 5.91 Å². The van der Waals surface area contributed by atoms with E-state index in [1.807, 2.05) is 0 Å². The van der Waals surface area contributed by atoms with Crippen molar-refractivity contribution in [2.75, 3.05) is 12.4 Å². The minimum atomic E-state index is -0.755. The number of aromatic nitrogens is 1. The van der Waals surface area contributed by atoms with Gasteiger partial charge in [-0.25, -0.2) is 4.39 Å². The molecule has 0 atom stereocenters. The first kappa shape index (κ1) is 21.1. The van der Waals surface area contributed by atoms with Gasteiger partial charge < -0.3 is 25.8 Å². The number of primary amides is 1. The summed E-state index contributed by atoms with van der Waals surface area (Å²) in [6.07, 6.45) is 3.61. The number of hydrogen-bond acceptors (Lipinski definition) is 5. The van der Waals surface area contributed by atoms with Crippen LogP contribution >= 0.6 is 23.8 Å². The Hall–Kier alpha value is -3.17. The van der Waals surface area contributed by atoms with Gasteiger partial charge >= 0.3 is 0 Å². The number of methoxy groups -OCH3 is 1. The largest absolute Gasteiger partial charge is 0.496 e. The molecule has 3 aromatic rings. The van der Waals surface area contributed by atoms with Gasteiger partial charge in [0.2, 0.25) is 0 Å². The monoisotopic (exact) mass is 460 g/mol. The molecule has 4 rings (SSSR count). The third-order valence-corrected chi connectivity index (χ3v) is 5.31. The number of pyridine rings is 1. The lowest BCUT2D eigenvalue weighted by Crippen LogP contribution is -2.30. The average Bonchev–Trinajstić information content (AvgIpc) is 3.56. The van der Waals surface area contributed by atoms with Gasteiger partial charge in [-0.15, -0.1) is 0 Å². The molecule has 2 aromatic carbocycles. The predicted molar refractivity (Wildman–Crippen MR) is 121 cm³/mol. The van der Waals surface area contributed by atoms with Crippen molar-refractivity contribution in [2.45, 2.75) is 18.9 Å². The fourth-order valence-electron chi connectivity index (χ4n) is 3.00. The summed E-state index contributed by atoms with van der Waals surface area (Å²) in [5.74, 6) is -0.967. The van der Waals surface area contributed by atoms with Crippen LogP contribution in [-0.2, 0) is 0 Å². The average molecular weight is 461 g/mol. The SMILES string of the molecule is COc1cc2nccc(Oc3ccc(NC(=S)NC4CC4)c(Cl)c3F)c2cc1C(N)=O. The second-order valence-electron chi connectivity index (χ2n) is 6.96. The van der Waals surface area contributed by atoms with Crippen LogP contribution < -0.4 is 25.8 Å². The maximum absolute atomic E-state index is 14.9. The van der Waals surface area contributed by atoms with Crippen LogP contribution in [0.4, 0.5) is 10.1 Å². The van der Waals surface area contributed by atoms with Crippen LogP contribution in [-0.4, -0.2) is 29.2 Å². The molecule has 0 spiro atoms. The molecule has 31 heavy (non-hydrogen) atoms. The summed E-state index contributed by atoms with van der Waals surface area (Å²) in [4.78, 5) is 16.0. The van der Waals surface area contributed by atoms with E-state index in [1.165, 1.54) is 25.4 Å². The van der Waals surface area contributed by atoms with Crippen LogP contribution in [0, 0.1) is 5.82 Å². The summed E-state index contributed by atoms with van der Waals surface area (Å²) < 4.78 is 25.9. The number of hydrogen-bond donors (Lipinski definition) is 3. The second-order valence-corrected chi connectivity index (χ2v) is 7.74. The number of carbonyl (C=O) groups is 1. The van der Waals surface area contributed by atoms with Gasteiger partial charge in [-0.2, -0.15) is 0 Å². The molecule has 1 fully saturated rings. The summed E-state index contributed by atoms with van der Waals surface area (Å²) in [5.41, 5.74) is 6.40. The lowest BCUT2D eigenvalue weighted by atomic mass is 10.1. The smallest absolute Gasteiger partial charge is 0.252 e. The lowest BCUT2D eigenvalue weighted by Gasteiger charge is -2.15. The number of nitrogens with zero attached hydrogens (tertiary/aromatic N) is 1. The molecule has 1 amide bonds. The molecule has 0 aliphatic heterocycles. The lowest BCUT2D eigenvalue weighted by molar-refractivity contribution is 0.0997. The number of halogens is 2.